The van der Waals surface area contributed by atoms with Crippen LogP contribution in [-0.4, -0.2) is 47.7 Å². The molecule has 1 aliphatic heterocycles. The van der Waals surface area contributed by atoms with Gasteiger partial charge in [-0.25, -0.2) is 0 Å². The monoisotopic (exact) mass is 425 g/mol. The highest BCUT2D eigenvalue weighted by Crippen LogP contribution is 2.52. The number of alkyl halides is 3. The summed E-state index contributed by atoms with van der Waals surface area (Å²) in [5.74, 6) is -2.19. The van der Waals surface area contributed by atoms with Gasteiger partial charge in [-0.1, -0.05) is 27.2 Å². The van der Waals surface area contributed by atoms with Gasteiger partial charge in [-0.05, 0) is 54.9 Å². The summed E-state index contributed by atoms with van der Waals surface area (Å²) in [6.07, 6.45) is -3.01. The maximum absolute atomic E-state index is 14.2. The molecule has 1 amide bonds. The van der Waals surface area contributed by atoms with Gasteiger partial charge >= 0.3 is 6.18 Å². The molecule has 3 atom stereocenters. The van der Waals surface area contributed by atoms with Crippen molar-refractivity contribution in [2.45, 2.75) is 58.4 Å². The number of amides is 1. The predicted octanol–water partition coefficient (Wildman–Crippen LogP) is 4.67. The van der Waals surface area contributed by atoms with E-state index in [1.807, 2.05) is 39.8 Å². The van der Waals surface area contributed by atoms with E-state index in [0.717, 1.165) is 12.1 Å². The van der Waals surface area contributed by atoms with Crippen LogP contribution in [0.25, 0.3) is 0 Å². The SMILES string of the molecule is CCC(C)(C)[C@@H]1CCC2=NN(C(=O)c3ccc(N(C)C)cc3)[C@@](O)(C(F)(F)F)[C@H]2C1. The van der Waals surface area contributed by atoms with E-state index in [0.29, 0.717) is 12.8 Å². The number of nitrogens with zero attached hydrogens (tertiary/aromatic N) is 3. The number of benzene rings is 1. The van der Waals surface area contributed by atoms with Gasteiger partial charge in [0.1, 0.15) is 0 Å². The van der Waals surface area contributed by atoms with Crippen molar-refractivity contribution in [3.05, 3.63) is 29.8 Å². The van der Waals surface area contributed by atoms with Crippen molar-refractivity contribution in [1.29, 1.82) is 0 Å². The van der Waals surface area contributed by atoms with Crippen LogP contribution >= 0.6 is 0 Å². The fraction of sp³-hybridized carbons (Fsp3) is 0.636. The van der Waals surface area contributed by atoms with Crippen molar-refractivity contribution in [2.24, 2.45) is 22.4 Å². The van der Waals surface area contributed by atoms with E-state index in [9.17, 15) is 23.1 Å². The van der Waals surface area contributed by atoms with Gasteiger partial charge in [-0.2, -0.15) is 23.3 Å². The fourth-order valence-corrected chi connectivity index (χ4v) is 4.44. The number of halogens is 3. The number of hydrogen-bond acceptors (Lipinski definition) is 4. The first-order valence-corrected chi connectivity index (χ1v) is 10.3. The standard InChI is InChI=1S/C22H30F3N3O2/c1-6-20(2,3)15-9-12-18-17(13-15)21(30,22(23,24)25)28(26-18)19(29)14-7-10-16(11-8-14)27(4)5/h7-8,10-11,15,17,30H,6,9,12-13H2,1-5H3/t15-,17+,21+/m1/s1. The lowest BCUT2D eigenvalue weighted by atomic mass is 9.64. The average molecular weight is 425 g/mol. The molecular formula is C22H30F3N3O2. The van der Waals surface area contributed by atoms with Crippen molar-refractivity contribution in [2.75, 3.05) is 19.0 Å². The first kappa shape index (κ1) is 22.6. The molecule has 1 saturated carbocycles. The van der Waals surface area contributed by atoms with E-state index in [1.165, 1.54) is 12.1 Å². The first-order valence-electron chi connectivity index (χ1n) is 10.3. The van der Waals surface area contributed by atoms with Crippen molar-refractivity contribution in [3.8, 4) is 0 Å². The molecule has 0 radical (unpaired) electrons. The van der Waals surface area contributed by atoms with Crippen LogP contribution in [0.4, 0.5) is 18.9 Å². The highest BCUT2D eigenvalue weighted by molar-refractivity contribution is 5.99. The van der Waals surface area contributed by atoms with Gasteiger partial charge in [0, 0.05) is 31.1 Å². The Morgan fingerprint density at radius 1 is 1.27 bits per heavy atom. The van der Waals surface area contributed by atoms with Crippen LogP contribution in [0.1, 0.15) is 56.8 Å². The van der Waals surface area contributed by atoms with Crippen LogP contribution < -0.4 is 4.90 Å². The summed E-state index contributed by atoms with van der Waals surface area (Å²) in [6.45, 7) is 6.09. The maximum atomic E-state index is 14.2. The molecule has 0 saturated heterocycles. The summed E-state index contributed by atoms with van der Waals surface area (Å²) < 4.78 is 42.6. The molecule has 0 spiro atoms. The Morgan fingerprint density at radius 3 is 2.37 bits per heavy atom. The number of hydrogen-bond donors (Lipinski definition) is 1. The number of hydrazone groups is 1. The third-order valence-electron chi connectivity index (χ3n) is 6.97. The highest BCUT2D eigenvalue weighted by Gasteiger charge is 2.69. The Balaban J connectivity index is 1.97. The number of aliphatic hydroxyl groups is 1. The average Bonchev–Trinajstić information content (AvgIpc) is 3.01. The van der Waals surface area contributed by atoms with Crippen molar-refractivity contribution >= 4 is 17.3 Å². The van der Waals surface area contributed by atoms with Crippen LogP contribution in [0.3, 0.4) is 0 Å². The van der Waals surface area contributed by atoms with Crippen molar-refractivity contribution in [1.82, 2.24) is 5.01 Å². The quantitative estimate of drug-likeness (QED) is 0.763. The summed E-state index contributed by atoms with van der Waals surface area (Å²) in [4.78, 5) is 14.8. The zero-order valence-electron chi connectivity index (χ0n) is 18.1. The van der Waals surface area contributed by atoms with E-state index in [1.54, 1.807) is 12.1 Å². The summed E-state index contributed by atoms with van der Waals surface area (Å²) >= 11 is 0. The van der Waals surface area contributed by atoms with Crippen LogP contribution in [0, 0.1) is 17.3 Å². The molecule has 0 unspecified atom stereocenters. The molecule has 1 N–H and O–H groups in total. The smallest absolute Gasteiger partial charge is 0.378 e. The Hall–Kier alpha value is -2.09. The van der Waals surface area contributed by atoms with Crippen LogP contribution in [0.15, 0.2) is 29.4 Å². The van der Waals surface area contributed by atoms with Gasteiger partial charge in [0.2, 0.25) is 0 Å². The van der Waals surface area contributed by atoms with E-state index >= 15 is 0 Å². The van der Waals surface area contributed by atoms with E-state index in [4.69, 9.17) is 0 Å². The molecule has 30 heavy (non-hydrogen) atoms. The lowest BCUT2D eigenvalue weighted by Gasteiger charge is -2.43. The van der Waals surface area contributed by atoms with E-state index in [-0.39, 0.29) is 34.0 Å². The molecule has 5 nitrogen and oxygen atoms in total. The third kappa shape index (κ3) is 3.59. The molecular weight excluding hydrogens is 395 g/mol. The maximum Gasteiger partial charge on any atom is 0.439 e. The summed E-state index contributed by atoms with van der Waals surface area (Å²) in [7, 11) is 3.65. The lowest BCUT2D eigenvalue weighted by molar-refractivity contribution is -0.314. The van der Waals surface area contributed by atoms with Gasteiger partial charge in [0.25, 0.3) is 11.6 Å². The molecule has 1 fully saturated rings. The topological polar surface area (TPSA) is 56.1 Å². The minimum absolute atomic E-state index is 0.00903. The van der Waals surface area contributed by atoms with Crippen LogP contribution in [0.2, 0.25) is 0 Å². The molecule has 1 aromatic rings. The Bertz CT molecular complexity index is 833. The second-order valence-electron chi connectivity index (χ2n) is 9.24. The molecule has 2 aliphatic rings. The van der Waals surface area contributed by atoms with Gasteiger partial charge in [0.05, 0.1) is 5.92 Å². The molecule has 0 bridgehead atoms. The van der Waals surface area contributed by atoms with Gasteiger partial charge < -0.3 is 10.0 Å². The summed E-state index contributed by atoms with van der Waals surface area (Å²) in [5, 5.41) is 15.3. The number of carbonyl (C=O) groups is 1. The Labute approximate surface area is 175 Å². The normalized spacial score (nSPS) is 27.0. The lowest BCUT2D eigenvalue weighted by Crippen LogP contribution is -2.62. The fourth-order valence-electron chi connectivity index (χ4n) is 4.44. The van der Waals surface area contributed by atoms with Gasteiger partial charge in [-0.15, -0.1) is 0 Å². The van der Waals surface area contributed by atoms with Gasteiger partial charge in [0.15, 0.2) is 0 Å². The Kier molecular flexibility index (Phi) is 5.69. The zero-order valence-corrected chi connectivity index (χ0v) is 18.1. The number of fused-ring (bicyclic) bond motifs is 1. The van der Waals surface area contributed by atoms with Crippen molar-refractivity contribution < 1.29 is 23.1 Å². The molecule has 3 rings (SSSR count). The molecule has 1 aromatic carbocycles. The summed E-state index contributed by atoms with van der Waals surface area (Å²) in [6, 6.07) is 6.21. The zero-order chi connectivity index (χ0) is 22.5. The van der Waals surface area contributed by atoms with Crippen molar-refractivity contribution in [3.63, 3.8) is 0 Å². The first-order chi connectivity index (χ1) is 13.8. The van der Waals surface area contributed by atoms with E-state index in [2.05, 4.69) is 5.10 Å². The third-order valence-corrected chi connectivity index (χ3v) is 6.97. The molecule has 0 aromatic heterocycles. The number of carbonyl (C=O) groups excluding carboxylic acids is 1. The Morgan fingerprint density at radius 2 is 1.87 bits per heavy atom. The largest absolute Gasteiger partial charge is 0.439 e. The molecule has 8 heteroatoms. The van der Waals surface area contributed by atoms with E-state index < -0.39 is 23.7 Å². The van der Waals surface area contributed by atoms with Gasteiger partial charge in [-0.3, -0.25) is 4.79 Å². The molecule has 1 aliphatic carbocycles. The van der Waals surface area contributed by atoms with Crippen LogP contribution in [-0.2, 0) is 0 Å². The highest BCUT2D eigenvalue weighted by atomic mass is 19.4. The second-order valence-corrected chi connectivity index (χ2v) is 9.24. The minimum atomic E-state index is -5.03. The number of anilines is 1. The predicted molar refractivity (Wildman–Crippen MR) is 110 cm³/mol. The minimum Gasteiger partial charge on any atom is -0.378 e. The van der Waals surface area contributed by atoms with Crippen LogP contribution in [0.5, 0.6) is 0 Å². The molecule has 166 valence electrons. The second kappa shape index (κ2) is 7.55. The number of rotatable bonds is 4. The summed E-state index contributed by atoms with van der Waals surface area (Å²) in [5.41, 5.74) is -2.36. The molecule has 1 heterocycles.